The predicted molar refractivity (Wildman–Crippen MR) is 136 cm³/mol. The van der Waals surface area contributed by atoms with Gasteiger partial charge in [-0.05, 0) is 42.3 Å². The quantitative estimate of drug-likeness (QED) is 0.0665. The van der Waals surface area contributed by atoms with Crippen molar-refractivity contribution in [2.45, 2.75) is 10.9 Å². The summed E-state index contributed by atoms with van der Waals surface area (Å²) in [6.07, 6.45) is 0. The lowest BCUT2D eigenvalue weighted by Crippen LogP contribution is -2.38. The van der Waals surface area contributed by atoms with Crippen molar-refractivity contribution in [1.82, 2.24) is 10.0 Å². The second kappa shape index (κ2) is 13.2. The van der Waals surface area contributed by atoms with E-state index >= 15 is 0 Å². The third-order valence-electron chi connectivity index (χ3n) is 4.58. The van der Waals surface area contributed by atoms with Crippen LogP contribution in [0.1, 0.15) is 10.4 Å². The van der Waals surface area contributed by atoms with Crippen LogP contribution in [0.2, 0.25) is 0 Å². The molecule has 1 amide bonds. The van der Waals surface area contributed by atoms with Gasteiger partial charge in [0.05, 0.1) is 15.7 Å². The first-order chi connectivity index (χ1) is 17.3. The van der Waals surface area contributed by atoms with Crippen molar-refractivity contribution < 1.29 is 24.2 Å². The van der Waals surface area contributed by atoms with E-state index in [0.717, 1.165) is 11.9 Å². The summed E-state index contributed by atoms with van der Waals surface area (Å²) in [6, 6.07) is 18.8. The van der Waals surface area contributed by atoms with Crippen LogP contribution in [-0.2, 0) is 4.79 Å². The molecule has 0 spiro atoms. The number of hydrogen-bond acceptors (Lipinski definition) is 10. The van der Waals surface area contributed by atoms with Crippen molar-refractivity contribution in [2.75, 3.05) is 11.6 Å². The summed E-state index contributed by atoms with van der Waals surface area (Å²) in [5.74, 6) is -0.496. The fourth-order valence-electron chi connectivity index (χ4n) is 2.79. The smallest absolute Gasteiger partial charge is 0.330 e. The Morgan fingerprint density at radius 2 is 1.56 bits per heavy atom. The lowest BCUT2D eigenvalue weighted by molar-refractivity contribution is -0.387. The molecule has 36 heavy (non-hydrogen) atoms. The van der Waals surface area contributed by atoms with E-state index in [1.165, 1.54) is 48.2 Å². The number of amides is 1. The van der Waals surface area contributed by atoms with Crippen molar-refractivity contribution >= 4 is 47.0 Å². The van der Waals surface area contributed by atoms with Crippen molar-refractivity contribution in [1.29, 1.82) is 0 Å². The van der Waals surface area contributed by atoms with Crippen LogP contribution in [0.25, 0.3) is 0 Å². The van der Waals surface area contributed by atoms with E-state index in [9.17, 15) is 29.8 Å². The molecule has 0 radical (unpaired) electrons. The number of carbonyl (C=O) groups is 2. The van der Waals surface area contributed by atoms with E-state index in [1.54, 1.807) is 42.5 Å². The van der Waals surface area contributed by atoms with E-state index in [4.69, 9.17) is 4.74 Å². The molecular weight excluding hydrogens is 508 g/mol. The SMILES string of the molecule is O=C(NCSC[C@H](NSc1ccccc1[N+](=O)[O-])C(=O)Oc1ccc([N+](=O)[O-])cc1)c1ccccc1. The van der Waals surface area contributed by atoms with Crippen LogP contribution in [0.4, 0.5) is 11.4 Å². The zero-order chi connectivity index (χ0) is 25.9. The van der Waals surface area contributed by atoms with E-state index < -0.39 is 21.9 Å². The number of nitro groups is 2. The minimum Gasteiger partial charge on any atom is -0.425 e. The molecule has 0 fully saturated rings. The summed E-state index contributed by atoms with van der Waals surface area (Å²) >= 11 is 2.15. The highest BCUT2D eigenvalue weighted by Crippen LogP contribution is 2.27. The molecule has 0 aliphatic heterocycles. The Kier molecular flexibility index (Phi) is 9.80. The number of rotatable bonds is 12. The molecular formula is C23H20N4O7S2. The number of carbonyl (C=O) groups excluding carboxylic acids is 2. The zero-order valence-corrected chi connectivity index (χ0v) is 20.2. The maximum atomic E-state index is 12.9. The van der Waals surface area contributed by atoms with Gasteiger partial charge in [-0.15, -0.1) is 11.8 Å². The number of thioether (sulfide) groups is 1. The standard InChI is InChI=1S/C23H20N4O7S2/c28-22(16-6-2-1-3-7-16)24-15-35-14-19(25-36-21-9-5-4-8-20(21)27(32)33)23(29)34-18-12-10-17(11-13-18)26(30)31/h1-13,19,25H,14-15H2,(H,24,28)/t19-/m0/s1. The first kappa shape index (κ1) is 26.7. The second-order valence-corrected chi connectivity index (χ2v) is 8.97. The van der Waals surface area contributed by atoms with Gasteiger partial charge in [0.15, 0.2) is 0 Å². The van der Waals surface area contributed by atoms with Crippen molar-refractivity contribution in [3.05, 3.63) is 105 Å². The fourth-order valence-corrected chi connectivity index (χ4v) is 4.54. The maximum Gasteiger partial charge on any atom is 0.330 e. The Bertz CT molecular complexity index is 1230. The van der Waals surface area contributed by atoms with E-state index in [0.29, 0.717) is 10.5 Å². The Labute approximate surface area is 214 Å². The molecule has 2 N–H and O–H groups in total. The molecule has 3 aromatic rings. The topological polar surface area (TPSA) is 154 Å². The molecule has 3 rings (SSSR count). The summed E-state index contributed by atoms with van der Waals surface area (Å²) < 4.78 is 8.25. The zero-order valence-electron chi connectivity index (χ0n) is 18.6. The Morgan fingerprint density at radius 3 is 2.22 bits per heavy atom. The molecule has 3 aromatic carbocycles. The number of benzene rings is 3. The number of para-hydroxylation sites is 1. The molecule has 0 unspecified atom stereocenters. The molecule has 1 atom stereocenters. The van der Waals surface area contributed by atoms with Crippen LogP contribution in [0.5, 0.6) is 5.75 Å². The molecule has 0 aromatic heterocycles. The van der Waals surface area contributed by atoms with Crippen molar-refractivity contribution in [3.8, 4) is 5.75 Å². The van der Waals surface area contributed by atoms with Crippen LogP contribution in [-0.4, -0.2) is 39.4 Å². The number of hydrogen-bond donors (Lipinski definition) is 2. The minimum absolute atomic E-state index is 0.107. The van der Waals surface area contributed by atoms with E-state index in [1.807, 2.05) is 0 Å². The summed E-state index contributed by atoms with van der Waals surface area (Å²) in [4.78, 5) is 46.4. The van der Waals surface area contributed by atoms with Gasteiger partial charge in [-0.25, -0.2) is 9.52 Å². The molecule has 0 bridgehead atoms. The van der Waals surface area contributed by atoms with Crippen LogP contribution in [0.3, 0.4) is 0 Å². The summed E-state index contributed by atoms with van der Waals surface area (Å²) in [7, 11) is 0. The summed E-state index contributed by atoms with van der Waals surface area (Å²) in [5.41, 5.74) is 0.221. The van der Waals surface area contributed by atoms with Gasteiger partial charge in [-0.3, -0.25) is 25.0 Å². The van der Waals surface area contributed by atoms with Crippen molar-refractivity contribution in [2.24, 2.45) is 0 Å². The average Bonchev–Trinajstić information content (AvgIpc) is 2.89. The number of esters is 1. The van der Waals surface area contributed by atoms with Crippen LogP contribution < -0.4 is 14.8 Å². The molecule has 0 saturated heterocycles. The second-order valence-electron chi connectivity index (χ2n) is 7.06. The summed E-state index contributed by atoms with van der Waals surface area (Å²) in [6.45, 7) is 0. The van der Waals surface area contributed by atoms with E-state index in [2.05, 4.69) is 10.0 Å². The molecule has 13 heteroatoms. The van der Waals surface area contributed by atoms with Crippen LogP contribution in [0.15, 0.2) is 83.8 Å². The van der Waals surface area contributed by atoms with E-state index in [-0.39, 0.29) is 34.7 Å². The van der Waals surface area contributed by atoms with Gasteiger partial charge < -0.3 is 10.1 Å². The number of nitrogens with one attached hydrogen (secondary N) is 2. The van der Waals surface area contributed by atoms with Crippen molar-refractivity contribution in [3.63, 3.8) is 0 Å². The lowest BCUT2D eigenvalue weighted by atomic mass is 10.2. The molecule has 0 heterocycles. The highest BCUT2D eigenvalue weighted by Gasteiger charge is 2.23. The van der Waals surface area contributed by atoms with Gasteiger partial charge in [-0.2, -0.15) is 0 Å². The van der Waals surface area contributed by atoms with Gasteiger partial charge in [-0.1, -0.05) is 30.3 Å². The monoisotopic (exact) mass is 528 g/mol. The fraction of sp³-hybridized carbons (Fsp3) is 0.130. The summed E-state index contributed by atoms with van der Waals surface area (Å²) in [5, 5.41) is 24.9. The van der Waals surface area contributed by atoms with Crippen LogP contribution in [0, 0.1) is 20.2 Å². The van der Waals surface area contributed by atoms with Gasteiger partial charge in [0.1, 0.15) is 16.7 Å². The lowest BCUT2D eigenvalue weighted by Gasteiger charge is -2.17. The molecule has 0 saturated carbocycles. The average molecular weight is 529 g/mol. The number of nitro benzene ring substituents is 2. The minimum atomic E-state index is -0.927. The Balaban J connectivity index is 1.64. The van der Waals surface area contributed by atoms with Gasteiger partial charge >= 0.3 is 5.97 Å². The number of nitrogens with zero attached hydrogens (tertiary/aromatic N) is 2. The number of non-ortho nitro benzene ring substituents is 1. The normalized spacial score (nSPS) is 11.3. The van der Waals surface area contributed by atoms with Gasteiger partial charge in [0, 0.05) is 29.5 Å². The molecule has 0 aliphatic rings. The molecule has 11 nitrogen and oxygen atoms in total. The first-order valence-electron chi connectivity index (χ1n) is 10.4. The van der Waals surface area contributed by atoms with Crippen LogP contribution >= 0.6 is 23.7 Å². The first-order valence-corrected chi connectivity index (χ1v) is 12.3. The largest absolute Gasteiger partial charge is 0.425 e. The van der Waals surface area contributed by atoms with Gasteiger partial charge in [0.2, 0.25) is 0 Å². The highest BCUT2D eigenvalue weighted by molar-refractivity contribution is 7.99. The third kappa shape index (κ3) is 7.80. The highest BCUT2D eigenvalue weighted by atomic mass is 32.2. The Hall–Kier alpha value is -3.94. The number of ether oxygens (including phenoxy) is 1. The van der Waals surface area contributed by atoms with Gasteiger partial charge in [0.25, 0.3) is 17.3 Å². The maximum absolute atomic E-state index is 12.9. The Morgan fingerprint density at radius 1 is 0.889 bits per heavy atom. The predicted octanol–water partition coefficient (Wildman–Crippen LogP) is 4.19. The molecule has 0 aliphatic carbocycles. The third-order valence-corrected chi connectivity index (χ3v) is 6.46. The molecule has 186 valence electrons.